The predicted molar refractivity (Wildman–Crippen MR) is 131 cm³/mol. The van der Waals surface area contributed by atoms with E-state index in [1.807, 2.05) is 0 Å². The van der Waals surface area contributed by atoms with Crippen LogP contribution in [0.3, 0.4) is 0 Å². The number of aliphatic imine (C=N–C) groups is 1. The molecule has 2 aromatic carbocycles. The lowest BCUT2D eigenvalue weighted by Gasteiger charge is -2.37. The summed E-state index contributed by atoms with van der Waals surface area (Å²) < 4.78 is 66.8. The number of ether oxygens (including phenoxy) is 2. The smallest absolute Gasteiger partial charge is 0.425 e. The van der Waals surface area contributed by atoms with Crippen molar-refractivity contribution in [3.63, 3.8) is 0 Å². The molecule has 4 rings (SSSR count). The van der Waals surface area contributed by atoms with Gasteiger partial charge in [0.15, 0.2) is 6.10 Å². The van der Waals surface area contributed by atoms with E-state index < -0.39 is 42.0 Å². The summed E-state index contributed by atoms with van der Waals surface area (Å²) in [6.45, 7) is 2.41. The number of carbonyl (C=O) groups is 2. The van der Waals surface area contributed by atoms with Gasteiger partial charge in [-0.1, -0.05) is 24.3 Å². The number of piperidine rings is 1. The van der Waals surface area contributed by atoms with Gasteiger partial charge in [-0.05, 0) is 49.6 Å². The van der Waals surface area contributed by atoms with E-state index in [0.717, 1.165) is 6.07 Å². The fraction of sp³-hybridized carbons (Fsp3) is 0.444. The van der Waals surface area contributed by atoms with Crippen molar-refractivity contribution in [3.05, 3.63) is 71.0 Å². The number of likely N-dealkylation sites (tertiary alicyclic amines) is 1. The molecule has 38 heavy (non-hydrogen) atoms. The SMILES string of the molecule is COC1CCN(C(=O)Cc2ccc(F)c([C@]3(C)C[C@@H](C(F)(F)F)OC(NC(=O)c4ccccc4)=N3)c2)CC1. The molecule has 1 N–H and O–H groups in total. The Bertz CT molecular complexity index is 1200. The molecule has 2 aliphatic heterocycles. The zero-order valence-electron chi connectivity index (χ0n) is 21.1. The van der Waals surface area contributed by atoms with Crippen LogP contribution in [0.4, 0.5) is 17.6 Å². The molecule has 0 aliphatic carbocycles. The van der Waals surface area contributed by atoms with Crippen molar-refractivity contribution in [2.24, 2.45) is 4.99 Å². The van der Waals surface area contributed by atoms with Gasteiger partial charge in [0, 0.05) is 37.7 Å². The van der Waals surface area contributed by atoms with Gasteiger partial charge in [0.05, 0.1) is 18.1 Å². The minimum absolute atomic E-state index is 0.0402. The van der Waals surface area contributed by atoms with E-state index in [2.05, 4.69) is 10.3 Å². The Balaban J connectivity index is 1.59. The van der Waals surface area contributed by atoms with E-state index in [0.29, 0.717) is 31.5 Å². The van der Waals surface area contributed by atoms with Crippen LogP contribution in [0.2, 0.25) is 0 Å². The molecule has 2 aliphatic rings. The number of carbonyl (C=O) groups excluding carboxylic acids is 2. The Kier molecular flexibility index (Phi) is 8.05. The highest BCUT2D eigenvalue weighted by molar-refractivity contribution is 6.04. The molecule has 204 valence electrons. The second kappa shape index (κ2) is 11.1. The zero-order valence-corrected chi connectivity index (χ0v) is 21.1. The molecule has 7 nitrogen and oxygen atoms in total. The van der Waals surface area contributed by atoms with Gasteiger partial charge in [-0.2, -0.15) is 13.2 Å². The fourth-order valence-electron chi connectivity index (χ4n) is 4.72. The van der Waals surface area contributed by atoms with Gasteiger partial charge in [-0.3, -0.25) is 14.9 Å². The van der Waals surface area contributed by atoms with E-state index in [9.17, 15) is 22.8 Å². The lowest BCUT2D eigenvalue weighted by atomic mass is 9.84. The molecular formula is C27H29F4N3O4. The number of halogens is 4. The molecule has 2 heterocycles. The molecule has 0 unspecified atom stereocenters. The van der Waals surface area contributed by atoms with Crippen LogP contribution >= 0.6 is 0 Å². The number of hydrogen-bond acceptors (Lipinski definition) is 5. The molecule has 2 atom stereocenters. The van der Waals surface area contributed by atoms with Crippen molar-refractivity contribution >= 4 is 17.8 Å². The van der Waals surface area contributed by atoms with Crippen LogP contribution in [0.5, 0.6) is 0 Å². The summed E-state index contributed by atoms with van der Waals surface area (Å²) in [7, 11) is 1.63. The summed E-state index contributed by atoms with van der Waals surface area (Å²) in [6.07, 6.45) is -6.36. The summed E-state index contributed by atoms with van der Waals surface area (Å²) in [5.74, 6) is -1.65. The van der Waals surface area contributed by atoms with Crippen LogP contribution in [0, 0.1) is 5.82 Å². The average molecular weight is 536 g/mol. The number of methoxy groups -OCH3 is 1. The molecule has 0 saturated carbocycles. The molecule has 2 amide bonds. The van der Waals surface area contributed by atoms with Gasteiger partial charge in [-0.15, -0.1) is 0 Å². The second-order valence-electron chi connectivity index (χ2n) is 9.67. The van der Waals surface area contributed by atoms with E-state index in [1.165, 1.54) is 31.2 Å². The molecule has 11 heteroatoms. The maximum atomic E-state index is 15.1. The summed E-state index contributed by atoms with van der Waals surface area (Å²) >= 11 is 0. The second-order valence-corrected chi connectivity index (χ2v) is 9.67. The van der Waals surface area contributed by atoms with E-state index in [1.54, 1.807) is 30.2 Å². The Labute approximate surface area is 217 Å². The van der Waals surface area contributed by atoms with Gasteiger partial charge in [0.1, 0.15) is 5.82 Å². The summed E-state index contributed by atoms with van der Waals surface area (Å²) in [5, 5.41) is 2.28. The topological polar surface area (TPSA) is 80.2 Å². The zero-order chi connectivity index (χ0) is 27.5. The summed E-state index contributed by atoms with van der Waals surface area (Å²) in [4.78, 5) is 31.3. The van der Waals surface area contributed by atoms with Gasteiger partial charge in [-0.25, -0.2) is 9.38 Å². The molecule has 0 bridgehead atoms. The molecule has 2 aromatic rings. The van der Waals surface area contributed by atoms with Crippen LogP contribution in [-0.2, 0) is 26.2 Å². The monoisotopic (exact) mass is 535 g/mol. The number of alkyl halides is 3. The lowest BCUT2D eigenvalue weighted by Crippen LogP contribution is -2.48. The summed E-state index contributed by atoms with van der Waals surface area (Å²) in [5.41, 5.74) is -1.21. The number of nitrogens with zero attached hydrogens (tertiary/aromatic N) is 2. The standard InChI is InChI=1S/C27H29F4N3O4/c1-26(16-22(27(29,30)31)38-25(33-26)32-24(36)18-6-4-3-5-7-18)20-14-17(8-9-21(20)28)15-23(35)34-12-10-19(37-2)11-13-34/h3-9,14,19,22H,10-13,15-16H2,1-2H3,(H,32,33,36)/t22-,26-/m0/s1. The highest BCUT2D eigenvalue weighted by Crippen LogP contribution is 2.41. The van der Waals surface area contributed by atoms with Crippen molar-refractivity contribution < 1.29 is 36.6 Å². The fourth-order valence-corrected chi connectivity index (χ4v) is 4.72. The first-order valence-corrected chi connectivity index (χ1v) is 12.3. The molecular weight excluding hydrogens is 506 g/mol. The van der Waals surface area contributed by atoms with Crippen LogP contribution < -0.4 is 5.32 Å². The van der Waals surface area contributed by atoms with E-state index in [4.69, 9.17) is 9.47 Å². The molecule has 0 radical (unpaired) electrons. The van der Waals surface area contributed by atoms with Crippen LogP contribution in [0.25, 0.3) is 0 Å². The minimum Gasteiger partial charge on any atom is -0.452 e. The first-order valence-electron chi connectivity index (χ1n) is 12.3. The third-order valence-electron chi connectivity index (χ3n) is 6.90. The van der Waals surface area contributed by atoms with Gasteiger partial charge in [0.25, 0.3) is 11.9 Å². The molecule has 1 saturated heterocycles. The van der Waals surface area contributed by atoms with Gasteiger partial charge >= 0.3 is 6.18 Å². The van der Waals surface area contributed by atoms with Crippen molar-refractivity contribution in [3.8, 4) is 0 Å². The van der Waals surface area contributed by atoms with E-state index in [-0.39, 0.29) is 29.6 Å². The number of benzene rings is 2. The summed E-state index contributed by atoms with van der Waals surface area (Å²) in [6, 6.07) is 11.1. The third kappa shape index (κ3) is 6.32. The Morgan fingerprint density at radius 1 is 1.16 bits per heavy atom. The normalized spacial score (nSPS) is 22.4. The first kappa shape index (κ1) is 27.6. The Morgan fingerprint density at radius 2 is 1.84 bits per heavy atom. The van der Waals surface area contributed by atoms with Crippen molar-refractivity contribution in [2.75, 3.05) is 20.2 Å². The quantitative estimate of drug-likeness (QED) is 0.578. The number of hydrogen-bond donors (Lipinski definition) is 1. The highest BCUT2D eigenvalue weighted by atomic mass is 19.4. The minimum atomic E-state index is -4.79. The first-order chi connectivity index (χ1) is 18.0. The Morgan fingerprint density at radius 3 is 2.47 bits per heavy atom. The van der Waals surface area contributed by atoms with E-state index >= 15 is 4.39 Å². The average Bonchev–Trinajstić information content (AvgIpc) is 2.89. The lowest BCUT2D eigenvalue weighted by molar-refractivity contribution is -0.208. The highest BCUT2D eigenvalue weighted by Gasteiger charge is 2.50. The largest absolute Gasteiger partial charge is 0.452 e. The number of amides is 2. The van der Waals surface area contributed by atoms with Crippen LogP contribution in [0.15, 0.2) is 53.5 Å². The maximum Gasteiger partial charge on any atom is 0.425 e. The van der Waals surface area contributed by atoms with Crippen LogP contribution in [-0.4, -0.2) is 61.3 Å². The maximum absolute atomic E-state index is 15.1. The van der Waals surface area contributed by atoms with Crippen LogP contribution in [0.1, 0.15) is 47.7 Å². The third-order valence-corrected chi connectivity index (χ3v) is 6.90. The molecule has 0 spiro atoms. The number of rotatable bonds is 5. The molecule has 0 aromatic heterocycles. The molecule has 1 fully saturated rings. The van der Waals surface area contributed by atoms with Gasteiger partial charge < -0.3 is 14.4 Å². The number of amidine groups is 1. The predicted octanol–water partition coefficient (Wildman–Crippen LogP) is 4.36. The van der Waals surface area contributed by atoms with Crippen molar-refractivity contribution in [2.45, 2.75) is 56.5 Å². The van der Waals surface area contributed by atoms with Gasteiger partial charge in [0.2, 0.25) is 5.91 Å². The van der Waals surface area contributed by atoms with Crippen molar-refractivity contribution in [1.82, 2.24) is 10.2 Å². The van der Waals surface area contributed by atoms with Crippen molar-refractivity contribution in [1.29, 1.82) is 0 Å². The Hall–Kier alpha value is -3.47. The number of nitrogens with one attached hydrogen (secondary N) is 1.